The molecule has 0 atom stereocenters. The van der Waals surface area contributed by atoms with Gasteiger partial charge in [0, 0.05) is 46.6 Å². The number of rotatable bonds is 11. The Balaban J connectivity index is 1.61. The van der Waals surface area contributed by atoms with E-state index in [9.17, 15) is 0 Å². The molecule has 1 aromatic rings. The van der Waals surface area contributed by atoms with Crippen LogP contribution in [0.4, 0.5) is 0 Å². The standard InChI is InChI=1S/C21H35N3O3/c1-3-22-21(24(2)13-17-27-20-8-5-4-6-9-20)23-12-7-14-26-18-19-10-15-25-16-11-19/h4-6,8-9,19H,3,7,10-18H2,1-2H3,(H,22,23). The predicted molar refractivity (Wildman–Crippen MR) is 110 cm³/mol. The van der Waals surface area contributed by atoms with Crippen molar-refractivity contribution in [1.29, 1.82) is 0 Å². The summed E-state index contributed by atoms with van der Waals surface area (Å²) in [5, 5.41) is 3.34. The number of guanidine groups is 1. The van der Waals surface area contributed by atoms with Crippen LogP contribution in [-0.4, -0.2) is 70.6 Å². The summed E-state index contributed by atoms with van der Waals surface area (Å²) in [5.74, 6) is 2.48. The smallest absolute Gasteiger partial charge is 0.193 e. The Bertz CT molecular complexity index is 519. The number of hydrogen-bond acceptors (Lipinski definition) is 4. The summed E-state index contributed by atoms with van der Waals surface area (Å²) >= 11 is 0. The molecular weight excluding hydrogens is 342 g/mol. The Morgan fingerprint density at radius 1 is 1.22 bits per heavy atom. The highest BCUT2D eigenvalue weighted by Gasteiger charge is 2.13. The van der Waals surface area contributed by atoms with Gasteiger partial charge in [0.15, 0.2) is 5.96 Å². The van der Waals surface area contributed by atoms with E-state index in [-0.39, 0.29) is 0 Å². The lowest BCUT2D eigenvalue weighted by atomic mass is 10.0. The Morgan fingerprint density at radius 3 is 2.74 bits per heavy atom. The van der Waals surface area contributed by atoms with Crippen LogP contribution >= 0.6 is 0 Å². The predicted octanol–water partition coefficient (Wildman–Crippen LogP) is 2.80. The second-order valence-electron chi connectivity index (χ2n) is 6.80. The Morgan fingerprint density at radius 2 is 2.00 bits per heavy atom. The average molecular weight is 378 g/mol. The molecule has 1 aromatic carbocycles. The summed E-state index contributed by atoms with van der Waals surface area (Å²) < 4.78 is 17.0. The highest BCUT2D eigenvalue weighted by molar-refractivity contribution is 5.79. The second kappa shape index (κ2) is 13.4. The van der Waals surface area contributed by atoms with Crippen LogP contribution in [-0.2, 0) is 9.47 Å². The molecule has 2 rings (SSSR count). The zero-order chi connectivity index (χ0) is 19.2. The van der Waals surface area contributed by atoms with Gasteiger partial charge in [0.1, 0.15) is 12.4 Å². The van der Waals surface area contributed by atoms with E-state index in [2.05, 4.69) is 17.1 Å². The van der Waals surface area contributed by atoms with Gasteiger partial charge < -0.3 is 24.4 Å². The molecule has 1 saturated heterocycles. The summed E-state index contributed by atoms with van der Waals surface area (Å²) in [4.78, 5) is 6.81. The lowest BCUT2D eigenvalue weighted by Gasteiger charge is -2.22. The van der Waals surface area contributed by atoms with Crippen LogP contribution in [0, 0.1) is 5.92 Å². The number of nitrogens with one attached hydrogen (secondary N) is 1. The third-order valence-corrected chi connectivity index (χ3v) is 4.54. The van der Waals surface area contributed by atoms with Crippen molar-refractivity contribution >= 4 is 5.96 Å². The highest BCUT2D eigenvalue weighted by Crippen LogP contribution is 2.14. The number of para-hydroxylation sites is 1. The molecular formula is C21H35N3O3. The molecule has 0 saturated carbocycles. The van der Waals surface area contributed by atoms with Crippen LogP contribution < -0.4 is 10.1 Å². The molecule has 0 radical (unpaired) electrons. The number of likely N-dealkylation sites (N-methyl/N-ethyl adjacent to an activating group) is 1. The molecule has 1 heterocycles. The molecule has 152 valence electrons. The Hall–Kier alpha value is -1.79. The zero-order valence-electron chi connectivity index (χ0n) is 16.9. The van der Waals surface area contributed by atoms with Crippen LogP contribution in [0.25, 0.3) is 0 Å². The van der Waals surface area contributed by atoms with E-state index in [1.165, 1.54) is 0 Å². The highest BCUT2D eigenvalue weighted by atomic mass is 16.5. The van der Waals surface area contributed by atoms with Crippen LogP contribution in [0.5, 0.6) is 5.75 Å². The molecule has 0 aromatic heterocycles. The second-order valence-corrected chi connectivity index (χ2v) is 6.80. The van der Waals surface area contributed by atoms with Crippen molar-refractivity contribution < 1.29 is 14.2 Å². The van der Waals surface area contributed by atoms with Gasteiger partial charge in [-0.3, -0.25) is 4.99 Å². The van der Waals surface area contributed by atoms with Gasteiger partial charge in [-0.15, -0.1) is 0 Å². The summed E-state index contributed by atoms with van der Waals surface area (Å²) in [6.07, 6.45) is 3.18. The molecule has 0 unspecified atom stereocenters. The quantitative estimate of drug-likeness (QED) is 0.365. The van der Waals surface area contributed by atoms with Gasteiger partial charge >= 0.3 is 0 Å². The number of nitrogens with zero attached hydrogens (tertiary/aromatic N) is 2. The first kappa shape index (κ1) is 21.5. The third kappa shape index (κ3) is 9.11. The van der Waals surface area contributed by atoms with Crippen molar-refractivity contribution in [3.8, 4) is 5.75 Å². The SMILES string of the molecule is CCNC(=NCCCOCC1CCOCC1)N(C)CCOc1ccccc1. The minimum absolute atomic E-state index is 0.624. The summed E-state index contributed by atoms with van der Waals surface area (Å²) in [6.45, 7) is 8.48. The van der Waals surface area contributed by atoms with E-state index in [1.54, 1.807) is 0 Å². The minimum atomic E-state index is 0.624. The normalized spacial score (nSPS) is 15.6. The molecule has 1 aliphatic heterocycles. The van der Waals surface area contributed by atoms with E-state index in [1.807, 2.05) is 37.4 Å². The van der Waals surface area contributed by atoms with Gasteiger partial charge in [0.05, 0.1) is 6.54 Å². The fraction of sp³-hybridized carbons (Fsp3) is 0.667. The fourth-order valence-electron chi connectivity index (χ4n) is 2.91. The molecule has 6 nitrogen and oxygen atoms in total. The van der Waals surface area contributed by atoms with Gasteiger partial charge in [0.2, 0.25) is 0 Å². The molecule has 0 bridgehead atoms. The average Bonchev–Trinajstić information content (AvgIpc) is 2.71. The van der Waals surface area contributed by atoms with Crippen LogP contribution in [0.1, 0.15) is 26.2 Å². The van der Waals surface area contributed by atoms with E-state index in [4.69, 9.17) is 19.2 Å². The van der Waals surface area contributed by atoms with E-state index in [0.717, 1.165) is 77.0 Å². The lowest BCUT2D eigenvalue weighted by Crippen LogP contribution is -2.41. The van der Waals surface area contributed by atoms with Gasteiger partial charge in [-0.2, -0.15) is 0 Å². The third-order valence-electron chi connectivity index (χ3n) is 4.54. The monoisotopic (exact) mass is 377 g/mol. The molecule has 1 aliphatic rings. The van der Waals surface area contributed by atoms with Crippen molar-refractivity contribution in [3.63, 3.8) is 0 Å². The molecule has 27 heavy (non-hydrogen) atoms. The molecule has 0 spiro atoms. The molecule has 6 heteroatoms. The first-order valence-corrected chi connectivity index (χ1v) is 10.1. The summed E-state index contributed by atoms with van der Waals surface area (Å²) in [7, 11) is 2.04. The fourth-order valence-corrected chi connectivity index (χ4v) is 2.91. The largest absolute Gasteiger partial charge is 0.492 e. The zero-order valence-corrected chi connectivity index (χ0v) is 16.9. The maximum atomic E-state index is 5.81. The maximum absolute atomic E-state index is 5.81. The Kier molecular flexibility index (Phi) is 10.7. The molecule has 0 aliphatic carbocycles. The van der Waals surface area contributed by atoms with Crippen molar-refractivity contribution in [1.82, 2.24) is 10.2 Å². The van der Waals surface area contributed by atoms with Crippen LogP contribution in [0.2, 0.25) is 0 Å². The number of aliphatic imine (C=N–C) groups is 1. The molecule has 0 amide bonds. The summed E-state index contributed by atoms with van der Waals surface area (Å²) in [5.41, 5.74) is 0. The lowest BCUT2D eigenvalue weighted by molar-refractivity contribution is 0.0205. The van der Waals surface area contributed by atoms with Gasteiger partial charge in [-0.05, 0) is 44.2 Å². The van der Waals surface area contributed by atoms with Gasteiger partial charge in [-0.25, -0.2) is 0 Å². The van der Waals surface area contributed by atoms with Crippen LogP contribution in [0.15, 0.2) is 35.3 Å². The first-order valence-electron chi connectivity index (χ1n) is 10.1. The first-order chi connectivity index (χ1) is 13.3. The van der Waals surface area contributed by atoms with E-state index < -0.39 is 0 Å². The van der Waals surface area contributed by atoms with Crippen LogP contribution in [0.3, 0.4) is 0 Å². The maximum Gasteiger partial charge on any atom is 0.193 e. The topological polar surface area (TPSA) is 55.3 Å². The van der Waals surface area contributed by atoms with Crippen molar-refractivity contribution in [2.75, 3.05) is 59.7 Å². The van der Waals surface area contributed by atoms with Gasteiger partial charge in [0.25, 0.3) is 0 Å². The Labute approximate surface area is 163 Å². The molecule has 1 N–H and O–H groups in total. The minimum Gasteiger partial charge on any atom is -0.492 e. The van der Waals surface area contributed by atoms with Crippen molar-refractivity contribution in [2.24, 2.45) is 10.9 Å². The number of hydrogen-bond donors (Lipinski definition) is 1. The van der Waals surface area contributed by atoms with Crippen molar-refractivity contribution in [2.45, 2.75) is 26.2 Å². The number of ether oxygens (including phenoxy) is 3. The summed E-state index contributed by atoms with van der Waals surface area (Å²) in [6, 6.07) is 9.89. The van der Waals surface area contributed by atoms with E-state index >= 15 is 0 Å². The van der Waals surface area contributed by atoms with Gasteiger partial charge in [-0.1, -0.05) is 18.2 Å². The van der Waals surface area contributed by atoms with E-state index in [0.29, 0.717) is 12.5 Å². The molecule has 1 fully saturated rings. The van der Waals surface area contributed by atoms with Crippen molar-refractivity contribution in [3.05, 3.63) is 30.3 Å². The number of benzene rings is 1.